The summed E-state index contributed by atoms with van der Waals surface area (Å²) in [6, 6.07) is 19.7. The summed E-state index contributed by atoms with van der Waals surface area (Å²) in [4.78, 5) is 18.6. The number of anilines is 1. The standard InChI is InChI=1S/C22H28N4O2/c1-23-22(24-14-21(27)25-20-10-6-3-7-11-20)26-13-12-19(15-26)17-28-16-18-8-4-2-5-9-18/h2-11,19H,12-17H2,1H3,(H,23,24)(H,25,27). The molecule has 3 rings (SSSR count). The van der Waals surface area contributed by atoms with Crippen LogP contribution < -0.4 is 10.6 Å². The van der Waals surface area contributed by atoms with Crippen molar-refractivity contribution in [2.24, 2.45) is 10.9 Å². The fourth-order valence-corrected chi connectivity index (χ4v) is 3.30. The second kappa shape index (κ2) is 10.5. The quantitative estimate of drug-likeness (QED) is 0.573. The lowest BCUT2D eigenvalue weighted by Crippen LogP contribution is -2.43. The Balaban J connectivity index is 1.38. The number of benzene rings is 2. The number of nitrogens with one attached hydrogen (secondary N) is 2. The number of likely N-dealkylation sites (tertiary alicyclic amines) is 1. The van der Waals surface area contributed by atoms with Crippen LogP contribution in [-0.2, 0) is 16.1 Å². The van der Waals surface area contributed by atoms with E-state index in [0.29, 0.717) is 12.5 Å². The first-order valence-electron chi connectivity index (χ1n) is 9.67. The molecule has 1 fully saturated rings. The van der Waals surface area contributed by atoms with Gasteiger partial charge < -0.3 is 20.3 Å². The van der Waals surface area contributed by atoms with Gasteiger partial charge >= 0.3 is 0 Å². The third-order valence-electron chi connectivity index (χ3n) is 4.73. The molecule has 0 bridgehead atoms. The van der Waals surface area contributed by atoms with Crippen molar-refractivity contribution in [3.05, 3.63) is 66.2 Å². The van der Waals surface area contributed by atoms with Crippen LogP contribution in [0.4, 0.5) is 5.69 Å². The molecule has 0 aliphatic carbocycles. The Labute approximate surface area is 166 Å². The molecule has 1 atom stereocenters. The molecule has 0 spiro atoms. The van der Waals surface area contributed by atoms with Crippen molar-refractivity contribution in [2.45, 2.75) is 13.0 Å². The molecule has 1 heterocycles. The zero-order valence-electron chi connectivity index (χ0n) is 16.3. The van der Waals surface area contributed by atoms with Gasteiger partial charge in [-0.2, -0.15) is 0 Å². The van der Waals surface area contributed by atoms with Gasteiger partial charge in [-0.15, -0.1) is 0 Å². The molecule has 1 aliphatic heterocycles. The SMILES string of the molecule is CN=C(NCC(=O)Nc1ccccc1)N1CCC(COCc2ccccc2)C1. The lowest BCUT2D eigenvalue weighted by atomic mass is 10.1. The van der Waals surface area contributed by atoms with Crippen LogP contribution in [0.2, 0.25) is 0 Å². The first-order chi connectivity index (χ1) is 13.7. The Morgan fingerprint density at radius 1 is 1.14 bits per heavy atom. The molecular weight excluding hydrogens is 352 g/mol. The lowest BCUT2D eigenvalue weighted by molar-refractivity contribution is -0.115. The van der Waals surface area contributed by atoms with Crippen molar-refractivity contribution >= 4 is 17.6 Å². The summed E-state index contributed by atoms with van der Waals surface area (Å²) in [5.74, 6) is 1.14. The second-order valence-electron chi connectivity index (χ2n) is 6.92. The summed E-state index contributed by atoms with van der Waals surface area (Å²) in [6.45, 7) is 3.36. The smallest absolute Gasteiger partial charge is 0.243 e. The number of rotatable bonds is 7. The van der Waals surface area contributed by atoms with Crippen molar-refractivity contribution in [1.29, 1.82) is 0 Å². The molecule has 148 valence electrons. The highest BCUT2D eigenvalue weighted by Gasteiger charge is 2.25. The summed E-state index contributed by atoms with van der Waals surface area (Å²) >= 11 is 0. The Morgan fingerprint density at radius 2 is 1.86 bits per heavy atom. The van der Waals surface area contributed by atoms with Gasteiger partial charge in [0.1, 0.15) is 0 Å². The maximum absolute atomic E-state index is 12.1. The van der Waals surface area contributed by atoms with Crippen molar-refractivity contribution < 1.29 is 9.53 Å². The molecule has 6 nitrogen and oxygen atoms in total. The minimum atomic E-state index is -0.0886. The summed E-state index contributed by atoms with van der Waals surface area (Å²) in [5, 5.41) is 6.03. The first kappa shape index (κ1) is 19.9. The van der Waals surface area contributed by atoms with Crippen LogP contribution in [-0.4, -0.2) is 50.1 Å². The zero-order valence-corrected chi connectivity index (χ0v) is 16.3. The van der Waals surface area contributed by atoms with Gasteiger partial charge in [0.05, 0.1) is 19.8 Å². The van der Waals surface area contributed by atoms with Crippen molar-refractivity contribution in [1.82, 2.24) is 10.2 Å². The molecular formula is C22H28N4O2. The van der Waals surface area contributed by atoms with E-state index < -0.39 is 0 Å². The monoisotopic (exact) mass is 380 g/mol. The van der Waals surface area contributed by atoms with Gasteiger partial charge in [-0.25, -0.2) is 0 Å². The summed E-state index contributed by atoms with van der Waals surface area (Å²) < 4.78 is 5.88. The van der Waals surface area contributed by atoms with Crippen LogP contribution in [0.25, 0.3) is 0 Å². The number of guanidine groups is 1. The molecule has 6 heteroatoms. The van der Waals surface area contributed by atoms with Gasteiger partial charge in [0.15, 0.2) is 5.96 Å². The molecule has 28 heavy (non-hydrogen) atoms. The number of ether oxygens (including phenoxy) is 1. The minimum Gasteiger partial charge on any atom is -0.376 e. The number of nitrogens with zero attached hydrogens (tertiary/aromatic N) is 2. The molecule has 1 saturated heterocycles. The molecule has 0 radical (unpaired) electrons. The maximum Gasteiger partial charge on any atom is 0.243 e. The predicted octanol–water partition coefficient (Wildman–Crippen LogP) is 2.74. The van der Waals surface area contributed by atoms with Gasteiger partial charge in [0, 0.05) is 31.7 Å². The number of para-hydroxylation sites is 1. The molecule has 0 aromatic heterocycles. The third-order valence-corrected chi connectivity index (χ3v) is 4.73. The number of hydrogen-bond donors (Lipinski definition) is 2. The van der Waals surface area contributed by atoms with Gasteiger partial charge in [-0.05, 0) is 24.1 Å². The van der Waals surface area contributed by atoms with Gasteiger partial charge in [0.25, 0.3) is 0 Å². The van der Waals surface area contributed by atoms with E-state index in [2.05, 4.69) is 32.7 Å². The summed E-state index contributed by atoms with van der Waals surface area (Å²) in [5.41, 5.74) is 1.99. The largest absolute Gasteiger partial charge is 0.376 e. The highest BCUT2D eigenvalue weighted by Crippen LogP contribution is 2.17. The molecule has 1 aliphatic rings. The highest BCUT2D eigenvalue weighted by molar-refractivity contribution is 5.95. The topological polar surface area (TPSA) is 66.0 Å². The average Bonchev–Trinajstić information content (AvgIpc) is 3.19. The van der Waals surface area contributed by atoms with Crippen LogP contribution in [0, 0.1) is 5.92 Å². The fraction of sp³-hybridized carbons (Fsp3) is 0.364. The summed E-state index contributed by atoms with van der Waals surface area (Å²) in [7, 11) is 1.75. The van der Waals surface area contributed by atoms with E-state index in [-0.39, 0.29) is 12.5 Å². The molecule has 2 aromatic carbocycles. The number of hydrogen-bond acceptors (Lipinski definition) is 3. The molecule has 1 amide bonds. The van der Waals surface area contributed by atoms with E-state index in [0.717, 1.165) is 37.8 Å². The van der Waals surface area contributed by atoms with Gasteiger partial charge in [-0.3, -0.25) is 9.79 Å². The Hall–Kier alpha value is -2.86. The van der Waals surface area contributed by atoms with E-state index in [1.807, 2.05) is 48.5 Å². The van der Waals surface area contributed by atoms with Crippen LogP contribution in [0.5, 0.6) is 0 Å². The van der Waals surface area contributed by atoms with Crippen molar-refractivity contribution in [2.75, 3.05) is 38.6 Å². The first-order valence-corrected chi connectivity index (χ1v) is 9.67. The average molecular weight is 380 g/mol. The second-order valence-corrected chi connectivity index (χ2v) is 6.92. The van der Waals surface area contributed by atoms with Crippen LogP contribution in [0.15, 0.2) is 65.7 Å². The van der Waals surface area contributed by atoms with Crippen LogP contribution in [0.3, 0.4) is 0 Å². The number of aliphatic imine (C=N–C) groups is 1. The fourth-order valence-electron chi connectivity index (χ4n) is 3.30. The molecule has 2 N–H and O–H groups in total. The molecule has 2 aromatic rings. The van der Waals surface area contributed by atoms with Crippen molar-refractivity contribution in [3.63, 3.8) is 0 Å². The zero-order chi connectivity index (χ0) is 19.6. The van der Waals surface area contributed by atoms with Crippen molar-refractivity contribution in [3.8, 4) is 0 Å². The Bertz CT molecular complexity index is 765. The Kier molecular flexibility index (Phi) is 7.44. The van der Waals surface area contributed by atoms with E-state index in [9.17, 15) is 4.79 Å². The minimum absolute atomic E-state index is 0.0886. The van der Waals surface area contributed by atoms with Gasteiger partial charge in [-0.1, -0.05) is 48.5 Å². The molecule has 0 saturated carbocycles. The summed E-state index contributed by atoms with van der Waals surface area (Å²) in [6.07, 6.45) is 1.06. The number of carbonyl (C=O) groups is 1. The van der Waals surface area contributed by atoms with E-state index in [4.69, 9.17) is 4.74 Å². The lowest BCUT2D eigenvalue weighted by Gasteiger charge is -2.21. The number of carbonyl (C=O) groups excluding carboxylic acids is 1. The highest BCUT2D eigenvalue weighted by atomic mass is 16.5. The Morgan fingerprint density at radius 3 is 2.57 bits per heavy atom. The van der Waals surface area contributed by atoms with E-state index in [1.54, 1.807) is 7.05 Å². The van der Waals surface area contributed by atoms with E-state index in [1.165, 1.54) is 5.56 Å². The predicted molar refractivity (Wildman–Crippen MR) is 112 cm³/mol. The maximum atomic E-state index is 12.1. The normalized spacial score (nSPS) is 16.8. The van der Waals surface area contributed by atoms with Crippen LogP contribution >= 0.6 is 0 Å². The van der Waals surface area contributed by atoms with Crippen LogP contribution in [0.1, 0.15) is 12.0 Å². The molecule has 1 unspecified atom stereocenters. The number of amides is 1. The van der Waals surface area contributed by atoms with E-state index >= 15 is 0 Å². The third kappa shape index (κ3) is 6.09. The van der Waals surface area contributed by atoms with Gasteiger partial charge in [0.2, 0.25) is 5.91 Å².